The van der Waals surface area contributed by atoms with Crippen molar-refractivity contribution >= 4 is 40.6 Å². The first-order valence-electron chi connectivity index (χ1n) is 11.8. The van der Waals surface area contributed by atoms with Crippen LogP contribution in [0.1, 0.15) is 31.0 Å². The Bertz CT molecular complexity index is 1680. The van der Waals surface area contributed by atoms with E-state index in [1.165, 1.54) is 11.3 Å². The minimum atomic E-state index is -0.631. The number of allylic oxidation sites excluding steroid dienone is 1. The maximum Gasteiger partial charge on any atom is 0.271 e. The number of nitrogens with zero attached hydrogens (tertiary/aromatic N) is 2. The number of aromatic nitrogens is 1. The van der Waals surface area contributed by atoms with Gasteiger partial charge in [-0.2, -0.15) is 0 Å². The first kappa shape index (κ1) is 24.7. The molecule has 1 aliphatic heterocycles. The highest BCUT2D eigenvalue weighted by Crippen LogP contribution is 2.31. The number of anilines is 1. The molecule has 0 radical (unpaired) electrons. The summed E-state index contributed by atoms with van der Waals surface area (Å²) in [4.78, 5) is 32.6. The fourth-order valence-corrected chi connectivity index (χ4v) is 5.56. The van der Waals surface area contributed by atoms with Crippen LogP contribution in [0.2, 0.25) is 5.02 Å². The van der Waals surface area contributed by atoms with Crippen LogP contribution in [0.15, 0.2) is 99.9 Å². The summed E-state index contributed by atoms with van der Waals surface area (Å²) in [6.45, 7) is 4.19. The molecule has 6 nitrogen and oxygen atoms in total. The number of benzene rings is 3. The van der Waals surface area contributed by atoms with Crippen LogP contribution in [-0.2, 0) is 4.79 Å². The standard InChI is InChI=1S/C29H24ClN3O3S/c1-3-36-23-15-14-21(30)16-20(23)17-24-28(35)33-26(19-10-6-4-7-11-19)25(18(2)31-29(33)37-24)27(34)32-22-12-8-5-9-13-22/h4-17,26H,3H2,1-2H3,(H,32,34)/b24-17-/t26-/m0/s1. The summed E-state index contributed by atoms with van der Waals surface area (Å²) < 4.78 is 7.81. The van der Waals surface area contributed by atoms with Gasteiger partial charge in [-0.05, 0) is 55.8 Å². The van der Waals surface area contributed by atoms with Gasteiger partial charge in [-0.15, -0.1) is 0 Å². The second-order valence-electron chi connectivity index (χ2n) is 8.43. The van der Waals surface area contributed by atoms with Gasteiger partial charge < -0.3 is 10.1 Å². The zero-order valence-electron chi connectivity index (χ0n) is 20.3. The first-order chi connectivity index (χ1) is 18.0. The molecule has 1 aliphatic rings. The molecule has 1 aromatic heterocycles. The molecule has 0 saturated carbocycles. The Morgan fingerprint density at radius 3 is 2.51 bits per heavy atom. The minimum Gasteiger partial charge on any atom is -0.493 e. The van der Waals surface area contributed by atoms with E-state index in [1.807, 2.05) is 67.6 Å². The number of halogens is 1. The number of hydrogen-bond acceptors (Lipinski definition) is 5. The normalized spacial score (nSPS) is 15.2. The lowest BCUT2D eigenvalue weighted by Gasteiger charge is -2.25. The molecule has 0 aliphatic carbocycles. The number of para-hydroxylation sites is 1. The Morgan fingerprint density at radius 1 is 1.11 bits per heavy atom. The third kappa shape index (κ3) is 5.01. The zero-order valence-corrected chi connectivity index (χ0v) is 21.8. The molecule has 1 amide bonds. The number of nitrogens with one attached hydrogen (secondary N) is 1. The lowest BCUT2D eigenvalue weighted by molar-refractivity contribution is -0.113. The van der Waals surface area contributed by atoms with Gasteiger partial charge in [0.15, 0.2) is 4.80 Å². The Morgan fingerprint density at radius 2 is 1.81 bits per heavy atom. The molecule has 2 heterocycles. The third-order valence-electron chi connectivity index (χ3n) is 5.97. The molecular formula is C29H24ClN3O3S. The largest absolute Gasteiger partial charge is 0.493 e. The van der Waals surface area contributed by atoms with Crippen LogP contribution in [0.25, 0.3) is 6.08 Å². The molecule has 186 valence electrons. The summed E-state index contributed by atoms with van der Waals surface area (Å²) in [5.74, 6) is 0.334. The molecule has 1 atom stereocenters. The number of fused-ring (bicyclic) bond motifs is 1. The highest BCUT2D eigenvalue weighted by Gasteiger charge is 2.32. The predicted molar refractivity (Wildman–Crippen MR) is 148 cm³/mol. The Labute approximate surface area is 222 Å². The molecule has 0 spiro atoms. The average Bonchev–Trinajstić information content (AvgIpc) is 3.20. The molecule has 8 heteroatoms. The molecule has 4 aromatic rings. The average molecular weight is 530 g/mol. The van der Waals surface area contributed by atoms with Crippen LogP contribution in [-0.4, -0.2) is 17.1 Å². The van der Waals surface area contributed by atoms with Crippen LogP contribution < -0.4 is 24.9 Å². The van der Waals surface area contributed by atoms with Crippen molar-refractivity contribution in [1.82, 2.24) is 4.57 Å². The van der Waals surface area contributed by atoms with Gasteiger partial charge in [-0.25, -0.2) is 4.99 Å². The van der Waals surface area contributed by atoms with Crippen LogP contribution in [0.4, 0.5) is 5.69 Å². The fourth-order valence-electron chi connectivity index (χ4n) is 4.34. The van der Waals surface area contributed by atoms with E-state index in [4.69, 9.17) is 16.3 Å². The Hall–Kier alpha value is -3.94. The first-order valence-corrected chi connectivity index (χ1v) is 13.0. The van der Waals surface area contributed by atoms with E-state index >= 15 is 0 Å². The van der Waals surface area contributed by atoms with Gasteiger partial charge in [0.1, 0.15) is 5.75 Å². The SMILES string of the molecule is CCOc1ccc(Cl)cc1/C=c1\sc2n(c1=O)[C@@H](c1ccccc1)C(C(=O)Nc1ccccc1)=C(C)N=2. The topological polar surface area (TPSA) is 72.7 Å². The van der Waals surface area contributed by atoms with Gasteiger partial charge in [0.05, 0.1) is 28.5 Å². The molecule has 5 rings (SSSR count). The Balaban J connectivity index is 1.67. The van der Waals surface area contributed by atoms with E-state index in [-0.39, 0.29) is 11.5 Å². The zero-order chi connectivity index (χ0) is 25.9. The maximum atomic E-state index is 13.8. The molecule has 0 saturated heterocycles. The summed E-state index contributed by atoms with van der Waals surface area (Å²) in [5, 5.41) is 3.50. The molecule has 3 aromatic carbocycles. The van der Waals surface area contributed by atoms with E-state index in [1.54, 1.807) is 35.8 Å². The summed E-state index contributed by atoms with van der Waals surface area (Å²) in [6.07, 6.45) is 1.77. The van der Waals surface area contributed by atoms with Crippen LogP contribution in [0.3, 0.4) is 0 Å². The van der Waals surface area contributed by atoms with Gasteiger partial charge in [-0.1, -0.05) is 71.5 Å². The number of hydrogen-bond donors (Lipinski definition) is 1. The number of thiazole rings is 1. The van der Waals surface area contributed by atoms with Gasteiger partial charge in [-0.3, -0.25) is 14.2 Å². The number of ether oxygens (including phenoxy) is 1. The number of amides is 1. The van der Waals surface area contributed by atoms with Crippen molar-refractivity contribution in [2.24, 2.45) is 4.99 Å². The van der Waals surface area contributed by atoms with Crippen molar-refractivity contribution in [1.29, 1.82) is 0 Å². The second-order valence-corrected chi connectivity index (χ2v) is 9.87. The predicted octanol–water partition coefficient (Wildman–Crippen LogP) is 4.93. The van der Waals surface area contributed by atoms with Crippen molar-refractivity contribution < 1.29 is 9.53 Å². The minimum absolute atomic E-state index is 0.238. The van der Waals surface area contributed by atoms with Crippen molar-refractivity contribution in [2.45, 2.75) is 19.9 Å². The molecular weight excluding hydrogens is 506 g/mol. The van der Waals surface area contributed by atoms with Gasteiger partial charge in [0, 0.05) is 16.3 Å². The molecule has 0 bridgehead atoms. The fraction of sp³-hybridized carbons (Fsp3) is 0.138. The van der Waals surface area contributed by atoms with Crippen LogP contribution in [0, 0.1) is 0 Å². The lowest BCUT2D eigenvalue weighted by Crippen LogP contribution is -2.40. The van der Waals surface area contributed by atoms with Gasteiger partial charge >= 0.3 is 0 Å². The van der Waals surface area contributed by atoms with Crippen molar-refractivity contribution in [3.05, 3.63) is 126 Å². The number of carbonyl (C=O) groups excluding carboxylic acids is 1. The Kier molecular flexibility index (Phi) is 7.08. The quantitative estimate of drug-likeness (QED) is 0.385. The summed E-state index contributed by atoms with van der Waals surface area (Å²) in [7, 11) is 0. The smallest absolute Gasteiger partial charge is 0.271 e. The summed E-state index contributed by atoms with van der Waals surface area (Å²) in [5.41, 5.74) is 2.94. The molecule has 1 N–H and O–H groups in total. The van der Waals surface area contributed by atoms with Crippen molar-refractivity contribution in [3.63, 3.8) is 0 Å². The van der Waals surface area contributed by atoms with Gasteiger partial charge in [0.25, 0.3) is 11.5 Å². The van der Waals surface area contributed by atoms with Gasteiger partial charge in [0.2, 0.25) is 0 Å². The van der Waals surface area contributed by atoms with Crippen molar-refractivity contribution in [2.75, 3.05) is 11.9 Å². The molecule has 0 unspecified atom stereocenters. The molecule has 0 fully saturated rings. The van der Waals surface area contributed by atoms with Crippen LogP contribution in [0.5, 0.6) is 5.75 Å². The lowest BCUT2D eigenvalue weighted by atomic mass is 9.95. The monoisotopic (exact) mass is 529 g/mol. The van der Waals surface area contributed by atoms with E-state index < -0.39 is 6.04 Å². The van der Waals surface area contributed by atoms with E-state index in [9.17, 15) is 9.59 Å². The summed E-state index contributed by atoms with van der Waals surface area (Å²) >= 11 is 7.51. The highest BCUT2D eigenvalue weighted by atomic mass is 35.5. The number of carbonyl (C=O) groups is 1. The second kappa shape index (κ2) is 10.6. The van der Waals surface area contributed by atoms with E-state index in [0.29, 0.717) is 49.2 Å². The molecule has 37 heavy (non-hydrogen) atoms. The van der Waals surface area contributed by atoms with Crippen molar-refractivity contribution in [3.8, 4) is 5.75 Å². The van der Waals surface area contributed by atoms with E-state index in [0.717, 1.165) is 5.56 Å². The third-order valence-corrected chi connectivity index (χ3v) is 7.19. The van der Waals surface area contributed by atoms with Crippen LogP contribution >= 0.6 is 22.9 Å². The highest BCUT2D eigenvalue weighted by molar-refractivity contribution is 7.07. The van der Waals surface area contributed by atoms with E-state index in [2.05, 4.69) is 10.3 Å². The maximum absolute atomic E-state index is 13.8. The summed E-state index contributed by atoms with van der Waals surface area (Å²) in [6, 6.07) is 23.4. The number of rotatable bonds is 6.